The number of hydrogen-bond acceptors (Lipinski definition) is 4. The number of guanidine groups is 1. The molecule has 0 saturated carbocycles. The van der Waals surface area contributed by atoms with Gasteiger partial charge < -0.3 is 14.6 Å². The maximum absolute atomic E-state index is 4.70. The van der Waals surface area contributed by atoms with E-state index in [0.717, 1.165) is 50.0 Å². The van der Waals surface area contributed by atoms with E-state index in [9.17, 15) is 0 Å². The number of aromatic nitrogens is 2. The second-order valence-electron chi connectivity index (χ2n) is 6.87. The summed E-state index contributed by atoms with van der Waals surface area (Å²) in [5.74, 6) is 0.958. The highest BCUT2D eigenvalue weighted by Gasteiger charge is 2.20. The molecule has 6 nitrogen and oxygen atoms in total. The minimum Gasteiger partial charge on any atom is -0.351 e. The van der Waals surface area contributed by atoms with Crippen molar-refractivity contribution in [2.24, 2.45) is 4.99 Å². The first kappa shape index (κ1) is 21.1. The molecule has 28 heavy (non-hydrogen) atoms. The first-order valence-electron chi connectivity index (χ1n) is 9.37. The maximum atomic E-state index is 4.70. The minimum atomic E-state index is 0. The molecule has 0 bridgehead atoms. The molecule has 0 radical (unpaired) electrons. The largest absolute Gasteiger partial charge is 0.351 e. The van der Waals surface area contributed by atoms with Crippen molar-refractivity contribution in [3.8, 4) is 0 Å². The van der Waals surface area contributed by atoms with Gasteiger partial charge in [-0.1, -0.05) is 12.1 Å². The summed E-state index contributed by atoms with van der Waals surface area (Å²) in [6.07, 6.45) is 2.10. The Kier molecular flexibility index (Phi) is 7.30. The summed E-state index contributed by atoms with van der Waals surface area (Å²) in [6, 6.07) is 10.5. The molecule has 1 fully saturated rings. The Morgan fingerprint density at radius 2 is 2.00 bits per heavy atom. The topological polar surface area (TPSA) is 48.2 Å². The molecule has 4 rings (SSSR count). The number of piperazine rings is 1. The van der Waals surface area contributed by atoms with Crippen molar-refractivity contribution >= 4 is 46.9 Å². The number of thiophene rings is 1. The Labute approximate surface area is 187 Å². The maximum Gasteiger partial charge on any atom is 0.194 e. The van der Waals surface area contributed by atoms with Gasteiger partial charge in [0.15, 0.2) is 5.96 Å². The molecule has 3 aromatic heterocycles. The van der Waals surface area contributed by atoms with E-state index >= 15 is 0 Å². The summed E-state index contributed by atoms with van der Waals surface area (Å²) >= 11 is 1.84. The van der Waals surface area contributed by atoms with Crippen LogP contribution in [0, 0.1) is 6.92 Å². The van der Waals surface area contributed by atoms with Gasteiger partial charge in [-0.3, -0.25) is 9.89 Å². The Hall–Kier alpha value is -1.65. The highest BCUT2D eigenvalue weighted by molar-refractivity contribution is 14.0. The lowest BCUT2D eigenvalue weighted by molar-refractivity contribution is 0.173. The Morgan fingerprint density at radius 3 is 2.68 bits per heavy atom. The van der Waals surface area contributed by atoms with Crippen LogP contribution in [-0.2, 0) is 13.1 Å². The monoisotopic (exact) mass is 510 g/mol. The Bertz CT molecular complexity index is 912. The number of pyridine rings is 1. The fraction of sp³-hybridized carbons (Fsp3) is 0.400. The van der Waals surface area contributed by atoms with Crippen LogP contribution in [0.3, 0.4) is 0 Å². The summed E-state index contributed by atoms with van der Waals surface area (Å²) in [5, 5.41) is 5.63. The third kappa shape index (κ3) is 4.84. The van der Waals surface area contributed by atoms with Crippen molar-refractivity contribution in [2.45, 2.75) is 20.0 Å². The van der Waals surface area contributed by atoms with E-state index in [4.69, 9.17) is 4.98 Å². The zero-order valence-corrected chi connectivity index (χ0v) is 19.5. The fourth-order valence-electron chi connectivity index (χ4n) is 3.53. The van der Waals surface area contributed by atoms with E-state index in [1.54, 1.807) is 0 Å². The summed E-state index contributed by atoms with van der Waals surface area (Å²) < 4.78 is 2.13. The second-order valence-corrected chi connectivity index (χ2v) is 7.90. The van der Waals surface area contributed by atoms with Crippen molar-refractivity contribution in [1.82, 2.24) is 24.5 Å². The molecule has 3 aromatic rings. The van der Waals surface area contributed by atoms with Gasteiger partial charge in [-0.15, -0.1) is 35.3 Å². The van der Waals surface area contributed by atoms with Gasteiger partial charge in [-0.05, 0) is 30.5 Å². The number of halogens is 1. The molecular weight excluding hydrogens is 483 g/mol. The van der Waals surface area contributed by atoms with Gasteiger partial charge in [0.25, 0.3) is 0 Å². The predicted molar refractivity (Wildman–Crippen MR) is 127 cm³/mol. The highest BCUT2D eigenvalue weighted by Crippen LogP contribution is 2.14. The second kappa shape index (κ2) is 9.71. The smallest absolute Gasteiger partial charge is 0.194 e. The molecular formula is C20H27IN6S. The molecule has 0 spiro atoms. The minimum absolute atomic E-state index is 0. The molecule has 150 valence electrons. The number of nitrogens with zero attached hydrogens (tertiary/aromatic N) is 5. The number of rotatable bonds is 4. The fourth-order valence-corrected chi connectivity index (χ4v) is 4.27. The lowest BCUT2D eigenvalue weighted by Gasteiger charge is -2.36. The first-order valence-corrected chi connectivity index (χ1v) is 10.2. The van der Waals surface area contributed by atoms with E-state index < -0.39 is 0 Å². The molecule has 0 amide bonds. The zero-order valence-electron chi connectivity index (χ0n) is 16.3. The van der Waals surface area contributed by atoms with Gasteiger partial charge in [0.2, 0.25) is 0 Å². The summed E-state index contributed by atoms with van der Waals surface area (Å²) in [6.45, 7) is 7.95. The zero-order chi connectivity index (χ0) is 18.6. The van der Waals surface area contributed by atoms with Gasteiger partial charge in [-0.2, -0.15) is 0 Å². The molecule has 1 aliphatic heterocycles. The van der Waals surface area contributed by atoms with Gasteiger partial charge in [0, 0.05) is 56.5 Å². The van der Waals surface area contributed by atoms with Crippen molar-refractivity contribution < 1.29 is 0 Å². The van der Waals surface area contributed by atoms with Crippen LogP contribution in [0.2, 0.25) is 0 Å². The molecule has 8 heteroatoms. The van der Waals surface area contributed by atoms with Crippen molar-refractivity contribution in [3.05, 3.63) is 58.2 Å². The van der Waals surface area contributed by atoms with E-state index in [1.165, 1.54) is 10.6 Å². The van der Waals surface area contributed by atoms with Crippen LogP contribution in [0.25, 0.3) is 5.65 Å². The third-order valence-electron chi connectivity index (χ3n) is 5.02. The molecule has 0 aromatic carbocycles. The lowest BCUT2D eigenvalue weighted by atomic mass is 10.3. The van der Waals surface area contributed by atoms with Crippen LogP contribution in [-0.4, -0.2) is 58.4 Å². The van der Waals surface area contributed by atoms with Crippen molar-refractivity contribution in [1.29, 1.82) is 0 Å². The quantitative estimate of drug-likeness (QED) is 0.333. The molecule has 1 saturated heterocycles. The Balaban J connectivity index is 0.00000225. The number of aliphatic imine (C=N–C) groups is 1. The van der Waals surface area contributed by atoms with Crippen LogP contribution in [0.15, 0.2) is 46.9 Å². The highest BCUT2D eigenvalue weighted by atomic mass is 127. The molecule has 4 heterocycles. The number of fused-ring (bicyclic) bond motifs is 1. The molecule has 0 unspecified atom stereocenters. The number of aryl methyl sites for hydroxylation is 1. The average Bonchev–Trinajstić information content (AvgIpc) is 3.34. The molecule has 0 aliphatic carbocycles. The average molecular weight is 510 g/mol. The van der Waals surface area contributed by atoms with Gasteiger partial charge >= 0.3 is 0 Å². The molecule has 1 aliphatic rings. The van der Waals surface area contributed by atoms with E-state index in [-0.39, 0.29) is 24.0 Å². The number of hydrogen-bond donors (Lipinski definition) is 1. The number of nitrogens with one attached hydrogen (secondary N) is 1. The SMILES string of the molecule is CN=C(NCc1cn2c(C)cccc2n1)N1CCN(Cc2cccs2)CC1.I. The van der Waals surface area contributed by atoms with E-state index in [2.05, 4.69) is 61.2 Å². The van der Waals surface area contributed by atoms with Gasteiger partial charge in [0.1, 0.15) is 5.65 Å². The van der Waals surface area contributed by atoms with Crippen LogP contribution < -0.4 is 5.32 Å². The number of imidazole rings is 1. The molecule has 1 N–H and O–H groups in total. The van der Waals surface area contributed by atoms with E-state index in [0.29, 0.717) is 6.54 Å². The van der Waals surface area contributed by atoms with Crippen molar-refractivity contribution in [2.75, 3.05) is 33.2 Å². The molecule has 0 atom stereocenters. The van der Waals surface area contributed by atoms with Crippen LogP contribution >= 0.6 is 35.3 Å². The Morgan fingerprint density at radius 1 is 1.18 bits per heavy atom. The first-order chi connectivity index (χ1) is 13.2. The standard InChI is InChI=1S/C20H26N6S.HI/c1-16-5-3-7-19-23-17(14-26(16)19)13-22-20(21-2)25-10-8-24(9-11-25)15-18-6-4-12-27-18;/h3-7,12,14H,8-11,13,15H2,1-2H3,(H,21,22);1H. The summed E-state index contributed by atoms with van der Waals surface area (Å²) in [7, 11) is 1.86. The summed E-state index contributed by atoms with van der Waals surface area (Å²) in [4.78, 5) is 15.5. The van der Waals surface area contributed by atoms with Crippen LogP contribution in [0.1, 0.15) is 16.3 Å². The van der Waals surface area contributed by atoms with Gasteiger partial charge in [-0.25, -0.2) is 4.98 Å². The summed E-state index contributed by atoms with van der Waals surface area (Å²) in [5.41, 5.74) is 3.21. The third-order valence-corrected chi connectivity index (χ3v) is 5.88. The predicted octanol–water partition coefficient (Wildman–Crippen LogP) is 3.22. The van der Waals surface area contributed by atoms with Crippen LogP contribution in [0.5, 0.6) is 0 Å². The lowest BCUT2D eigenvalue weighted by Crippen LogP contribution is -2.52. The van der Waals surface area contributed by atoms with Crippen LogP contribution in [0.4, 0.5) is 0 Å². The normalized spacial score (nSPS) is 15.6. The van der Waals surface area contributed by atoms with Crippen molar-refractivity contribution in [3.63, 3.8) is 0 Å². The van der Waals surface area contributed by atoms with E-state index in [1.807, 2.05) is 30.5 Å². The van der Waals surface area contributed by atoms with Gasteiger partial charge in [0.05, 0.1) is 12.2 Å².